The predicted molar refractivity (Wildman–Crippen MR) is 96.5 cm³/mol. The summed E-state index contributed by atoms with van der Waals surface area (Å²) in [5.41, 5.74) is 2.98. The molecule has 7 nitrogen and oxygen atoms in total. The van der Waals surface area contributed by atoms with Crippen molar-refractivity contribution in [2.45, 2.75) is 51.7 Å². The van der Waals surface area contributed by atoms with E-state index in [-0.39, 0.29) is 6.04 Å². The molecule has 1 atom stereocenters. The molecule has 0 bridgehead atoms. The van der Waals surface area contributed by atoms with Crippen molar-refractivity contribution >= 4 is 17.1 Å². The van der Waals surface area contributed by atoms with Gasteiger partial charge >= 0.3 is 6.09 Å². The van der Waals surface area contributed by atoms with Gasteiger partial charge in [0.15, 0.2) is 5.65 Å². The number of rotatable bonds is 7. The average Bonchev–Trinajstić information content (AvgIpc) is 3.40. The molecule has 1 saturated carbocycles. The second kappa shape index (κ2) is 7.39. The fourth-order valence-electron chi connectivity index (χ4n) is 3.12. The van der Waals surface area contributed by atoms with E-state index in [1.54, 1.807) is 0 Å². The molecule has 2 heterocycles. The highest BCUT2D eigenvalue weighted by molar-refractivity contribution is 5.79. The summed E-state index contributed by atoms with van der Waals surface area (Å²) in [6.07, 6.45) is 2.92. The number of alkyl carbamates (subject to hydrolysis) is 1. The van der Waals surface area contributed by atoms with E-state index in [9.17, 15) is 4.79 Å². The third-order valence-corrected chi connectivity index (χ3v) is 4.89. The van der Waals surface area contributed by atoms with Crippen LogP contribution in [0.15, 0.2) is 12.1 Å². The fourth-order valence-corrected chi connectivity index (χ4v) is 3.12. The third-order valence-electron chi connectivity index (χ3n) is 4.89. The van der Waals surface area contributed by atoms with Gasteiger partial charge < -0.3 is 10.1 Å². The van der Waals surface area contributed by atoms with Crippen LogP contribution in [0.1, 0.15) is 43.6 Å². The highest BCUT2D eigenvalue weighted by Crippen LogP contribution is 2.34. The molecule has 0 saturated heterocycles. The lowest BCUT2D eigenvalue weighted by molar-refractivity contribution is 0.170. The van der Waals surface area contributed by atoms with E-state index in [1.807, 2.05) is 17.7 Å². The lowest BCUT2D eigenvalue weighted by Crippen LogP contribution is -2.25. The quantitative estimate of drug-likeness (QED) is 0.781. The number of methoxy groups -OCH3 is 1. The second-order valence-electron chi connectivity index (χ2n) is 6.78. The maximum atomic E-state index is 11.1. The fraction of sp³-hybridized carbons (Fsp3) is 0.611. The van der Waals surface area contributed by atoms with Crippen molar-refractivity contribution in [3.63, 3.8) is 0 Å². The standard InChI is InChI=1S/C18H27N5O2/c1-12-6-9-15-16(13(2)22(3)14-7-8-14)21-23(17(15)20-12)11-5-10-19-18(24)25-4/h6,9,13-14H,5,7-8,10-11H2,1-4H3,(H,19,24). The van der Waals surface area contributed by atoms with Gasteiger partial charge in [0.2, 0.25) is 0 Å². The van der Waals surface area contributed by atoms with Crippen molar-refractivity contribution < 1.29 is 9.53 Å². The van der Waals surface area contributed by atoms with Crippen LogP contribution in [0.2, 0.25) is 0 Å². The van der Waals surface area contributed by atoms with E-state index in [0.717, 1.165) is 28.8 Å². The summed E-state index contributed by atoms with van der Waals surface area (Å²) >= 11 is 0. The first-order valence-corrected chi connectivity index (χ1v) is 8.89. The molecule has 0 radical (unpaired) electrons. The molecule has 1 amide bonds. The summed E-state index contributed by atoms with van der Waals surface area (Å²) in [4.78, 5) is 18.3. The minimum Gasteiger partial charge on any atom is -0.453 e. The van der Waals surface area contributed by atoms with Crippen molar-refractivity contribution in [2.24, 2.45) is 0 Å². The van der Waals surface area contributed by atoms with Crippen molar-refractivity contribution in [2.75, 3.05) is 20.7 Å². The van der Waals surface area contributed by atoms with Gasteiger partial charge in [0.05, 0.1) is 18.8 Å². The monoisotopic (exact) mass is 345 g/mol. The number of nitrogens with zero attached hydrogens (tertiary/aromatic N) is 4. The van der Waals surface area contributed by atoms with E-state index in [4.69, 9.17) is 10.1 Å². The van der Waals surface area contributed by atoms with Crippen LogP contribution in [-0.2, 0) is 11.3 Å². The van der Waals surface area contributed by atoms with Crippen LogP contribution in [0.5, 0.6) is 0 Å². The first-order valence-electron chi connectivity index (χ1n) is 8.89. The van der Waals surface area contributed by atoms with E-state index in [0.29, 0.717) is 19.1 Å². The van der Waals surface area contributed by atoms with Crippen molar-refractivity contribution in [1.29, 1.82) is 0 Å². The molecule has 7 heteroatoms. The molecule has 25 heavy (non-hydrogen) atoms. The summed E-state index contributed by atoms with van der Waals surface area (Å²) < 4.78 is 6.55. The van der Waals surface area contributed by atoms with E-state index < -0.39 is 6.09 Å². The molecule has 1 unspecified atom stereocenters. The maximum absolute atomic E-state index is 11.1. The zero-order valence-corrected chi connectivity index (χ0v) is 15.5. The zero-order valence-electron chi connectivity index (χ0n) is 15.5. The molecule has 1 fully saturated rings. The molecule has 1 aliphatic rings. The molecule has 1 N–H and O–H groups in total. The van der Waals surface area contributed by atoms with Crippen LogP contribution in [0, 0.1) is 6.92 Å². The average molecular weight is 345 g/mol. The van der Waals surface area contributed by atoms with Gasteiger partial charge in [-0.25, -0.2) is 14.5 Å². The summed E-state index contributed by atoms with van der Waals surface area (Å²) in [5.74, 6) is 0. The Labute approximate surface area is 148 Å². The van der Waals surface area contributed by atoms with E-state index in [1.165, 1.54) is 20.0 Å². The van der Waals surface area contributed by atoms with E-state index in [2.05, 4.69) is 35.0 Å². The molecule has 136 valence electrons. The van der Waals surface area contributed by atoms with Gasteiger partial charge in [0.1, 0.15) is 0 Å². The number of ether oxygens (including phenoxy) is 1. The maximum Gasteiger partial charge on any atom is 0.406 e. The van der Waals surface area contributed by atoms with Crippen LogP contribution < -0.4 is 5.32 Å². The normalized spacial score (nSPS) is 15.6. The Balaban J connectivity index is 1.79. The lowest BCUT2D eigenvalue weighted by atomic mass is 10.1. The van der Waals surface area contributed by atoms with Crippen molar-refractivity contribution in [3.05, 3.63) is 23.5 Å². The molecule has 1 aliphatic carbocycles. The van der Waals surface area contributed by atoms with Gasteiger partial charge in [-0.3, -0.25) is 4.90 Å². The van der Waals surface area contributed by atoms with Gasteiger partial charge in [0, 0.05) is 30.2 Å². The van der Waals surface area contributed by atoms with Crippen LogP contribution >= 0.6 is 0 Å². The first kappa shape index (κ1) is 17.7. The van der Waals surface area contributed by atoms with Gasteiger partial charge in [-0.05, 0) is 52.3 Å². The van der Waals surface area contributed by atoms with Gasteiger partial charge in [0.25, 0.3) is 0 Å². The van der Waals surface area contributed by atoms with Crippen molar-refractivity contribution in [1.82, 2.24) is 25.0 Å². The summed E-state index contributed by atoms with van der Waals surface area (Å²) in [6.45, 7) is 5.46. The number of hydrogen-bond donors (Lipinski definition) is 1. The molecule has 2 aromatic heterocycles. The summed E-state index contributed by atoms with van der Waals surface area (Å²) in [5, 5.41) is 8.69. The minimum atomic E-state index is -0.403. The number of nitrogens with one attached hydrogen (secondary N) is 1. The third kappa shape index (κ3) is 3.92. The molecule has 0 aromatic carbocycles. The number of carbonyl (C=O) groups excluding carboxylic acids is 1. The molecular formula is C18H27N5O2. The number of hydrogen-bond acceptors (Lipinski definition) is 5. The summed E-state index contributed by atoms with van der Waals surface area (Å²) in [7, 11) is 3.54. The van der Waals surface area contributed by atoms with Crippen molar-refractivity contribution in [3.8, 4) is 0 Å². The first-order chi connectivity index (χ1) is 12.0. The Bertz CT molecular complexity index is 753. The highest BCUT2D eigenvalue weighted by atomic mass is 16.5. The van der Waals surface area contributed by atoms with Crippen LogP contribution in [-0.4, -0.2) is 52.5 Å². The topological polar surface area (TPSA) is 72.3 Å². The Kier molecular flexibility index (Phi) is 5.22. The second-order valence-corrected chi connectivity index (χ2v) is 6.78. The minimum absolute atomic E-state index is 0.258. The summed E-state index contributed by atoms with van der Waals surface area (Å²) in [6, 6.07) is 5.10. The number of carbonyl (C=O) groups is 1. The van der Waals surface area contributed by atoms with Gasteiger partial charge in [-0.2, -0.15) is 5.10 Å². The van der Waals surface area contributed by atoms with Crippen LogP contribution in [0.3, 0.4) is 0 Å². The number of amides is 1. The Hall–Kier alpha value is -2.15. The SMILES string of the molecule is COC(=O)NCCCn1nc(C(C)N(C)C2CC2)c2ccc(C)nc21. The van der Waals surface area contributed by atoms with Gasteiger partial charge in [-0.15, -0.1) is 0 Å². The predicted octanol–water partition coefficient (Wildman–Crippen LogP) is 2.64. The molecule has 0 aliphatic heterocycles. The van der Waals surface area contributed by atoms with Gasteiger partial charge in [-0.1, -0.05) is 0 Å². The number of pyridine rings is 1. The smallest absolute Gasteiger partial charge is 0.406 e. The Morgan fingerprint density at radius 1 is 1.48 bits per heavy atom. The molecule has 2 aromatic rings. The molecular weight excluding hydrogens is 318 g/mol. The Morgan fingerprint density at radius 2 is 2.24 bits per heavy atom. The molecule has 3 rings (SSSR count). The van der Waals surface area contributed by atoms with Crippen LogP contribution in [0.4, 0.5) is 4.79 Å². The number of aryl methyl sites for hydroxylation is 2. The highest BCUT2D eigenvalue weighted by Gasteiger charge is 2.31. The molecule has 0 spiro atoms. The number of fused-ring (bicyclic) bond motifs is 1. The number of aromatic nitrogens is 3. The van der Waals surface area contributed by atoms with E-state index >= 15 is 0 Å². The largest absolute Gasteiger partial charge is 0.453 e. The lowest BCUT2D eigenvalue weighted by Gasteiger charge is -2.23. The Morgan fingerprint density at radius 3 is 2.92 bits per heavy atom. The van der Waals surface area contributed by atoms with Crippen LogP contribution in [0.25, 0.3) is 11.0 Å². The zero-order chi connectivity index (χ0) is 18.0.